The number of hydrogen-bond acceptors (Lipinski definition) is 4. The molecule has 0 fully saturated rings. The number of allylic oxidation sites excluding steroid dienone is 1. The summed E-state index contributed by atoms with van der Waals surface area (Å²) >= 11 is 0. The largest absolute Gasteiger partial charge is 0.463 e. The summed E-state index contributed by atoms with van der Waals surface area (Å²) in [6.45, 7) is 8.34. The number of rotatable bonds is 7. The van der Waals surface area contributed by atoms with E-state index in [0.29, 0.717) is 17.9 Å². The van der Waals surface area contributed by atoms with Gasteiger partial charge < -0.3 is 4.74 Å². The molecular formula is C16H24O4SSi. The van der Waals surface area contributed by atoms with E-state index in [4.69, 9.17) is 4.74 Å². The van der Waals surface area contributed by atoms with Crippen molar-refractivity contribution >= 4 is 23.9 Å². The molecule has 1 aromatic carbocycles. The zero-order valence-electron chi connectivity index (χ0n) is 13.6. The van der Waals surface area contributed by atoms with E-state index in [1.54, 1.807) is 37.3 Å². The Labute approximate surface area is 134 Å². The van der Waals surface area contributed by atoms with Gasteiger partial charge in [0.15, 0.2) is 9.84 Å². The second-order valence-electron chi connectivity index (χ2n) is 6.05. The van der Waals surface area contributed by atoms with Crippen LogP contribution in [0.2, 0.25) is 19.6 Å². The summed E-state index contributed by atoms with van der Waals surface area (Å²) in [6, 6.07) is 8.39. The Kier molecular flexibility index (Phi) is 6.56. The minimum absolute atomic E-state index is 0.00647. The number of hydrogen-bond donors (Lipinski definition) is 0. The van der Waals surface area contributed by atoms with Gasteiger partial charge in [0, 0.05) is 6.08 Å². The van der Waals surface area contributed by atoms with Crippen molar-refractivity contribution in [1.29, 1.82) is 0 Å². The summed E-state index contributed by atoms with van der Waals surface area (Å²) < 4.78 is 29.6. The molecule has 0 radical (unpaired) electrons. The lowest BCUT2D eigenvalue weighted by atomic mass is 10.4. The van der Waals surface area contributed by atoms with Crippen LogP contribution in [0.1, 0.15) is 13.3 Å². The van der Waals surface area contributed by atoms with Crippen molar-refractivity contribution in [2.75, 3.05) is 12.4 Å². The molecule has 6 heteroatoms. The van der Waals surface area contributed by atoms with Gasteiger partial charge in [-0.1, -0.05) is 43.0 Å². The van der Waals surface area contributed by atoms with Crippen LogP contribution < -0.4 is 0 Å². The molecule has 0 unspecified atom stereocenters. The fraction of sp³-hybridized carbons (Fsp3) is 0.438. The summed E-state index contributed by atoms with van der Waals surface area (Å²) in [6.07, 6.45) is 1.85. The van der Waals surface area contributed by atoms with Crippen LogP contribution in [0.5, 0.6) is 0 Å². The molecule has 1 aromatic rings. The molecule has 4 nitrogen and oxygen atoms in total. The lowest BCUT2D eigenvalue weighted by molar-refractivity contribution is -0.137. The number of sulfone groups is 1. The second-order valence-corrected chi connectivity index (χ2v) is 13.3. The topological polar surface area (TPSA) is 60.4 Å². The third-order valence-corrected chi connectivity index (χ3v) is 7.34. The summed E-state index contributed by atoms with van der Waals surface area (Å²) in [5, 5.41) is 0.908. The Bertz CT molecular complexity index is 628. The van der Waals surface area contributed by atoms with Crippen LogP contribution in [0.15, 0.2) is 46.5 Å². The number of carbonyl (C=O) groups is 1. The second kappa shape index (κ2) is 7.74. The predicted octanol–water partition coefficient (Wildman–Crippen LogP) is 3.22. The Morgan fingerprint density at radius 1 is 1.18 bits per heavy atom. The first-order valence-corrected chi connectivity index (χ1v) is 12.5. The van der Waals surface area contributed by atoms with Crippen LogP contribution in [0.4, 0.5) is 0 Å². The third-order valence-electron chi connectivity index (χ3n) is 3.28. The molecule has 0 aliphatic rings. The van der Waals surface area contributed by atoms with Crippen molar-refractivity contribution < 1.29 is 17.9 Å². The van der Waals surface area contributed by atoms with Crippen molar-refractivity contribution in [3.8, 4) is 0 Å². The van der Waals surface area contributed by atoms with E-state index in [1.165, 1.54) is 6.08 Å². The van der Waals surface area contributed by atoms with E-state index < -0.39 is 23.9 Å². The first kappa shape index (κ1) is 18.6. The molecule has 122 valence electrons. The van der Waals surface area contributed by atoms with Gasteiger partial charge in [0.1, 0.15) is 0 Å². The van der Waals surface area contributed by atoms with Crippen molar-refractivity contribution in [3.05, 3.63) is 41.6 Å². The van der Waals surface area contributed by atoms with Crippen LogP contribution in [-0.4, -0.2) is 34.8 Å². The quantitative estimate of drug-likeness (QED) is 0.434. The number of ether oxygens (including phenoxy) is 1. The molecule has 0 saturated heterocycles. The van der Waals surface area contributed by atoms with E-state index in [0.717, 1.165) is 5.20 Å². The first-order chi connectivity index (χ1) is 10.2. The van der Waals surface area contributed by atoms with Gasteiger partial charge in [-0.15, -0.1) is 0 Å². The van der Waals surface area contributed by atoms with Crippen LogP contribution in [-0.2, 0) is 19.4 Å². The zero-order valence-corrected chi connectivity index (χ0v) is 15.4. The maximum Gasteiger partial charge on any atom is 0.330 e. The Balaban J connectivity index is 2.91. The molecule has 22 heavy (non-hydrogen) atoms. The van der Waals surface area contributed by atoms with Gasteiger partial charge in [0.05, 0.1) is 25.3 Å². The molecule has 0 N–H and O–H groups in total. The molecular weight excluding hydrogens is 316 g/mol. The van der Waals surface area contributed by atoms with Gasteiger partial charge >= 0.3 is 5.97 Å². The van der Waals surface area contributed by atoms with Gasteiger partial charge in [-0.05, 0) is 25.5 Å². The highest BCUT2D eigenvalue weighted by atomic mass is 32.2. The van der Waals surface area contributed by atoms with Crippen molar-refractivity contribution in [3.63, 3.8) is 0 Å². The number of carbonyl (C=O) groups excluding carboxylic acids is 1. The molecule has 0 heterocycles. The van der Waals surface area contributed by atoms with Crippen LogP contribution in [0.3, 0.4) is 0 Å². The van der Waals surface area contributed by atoms with Crippen LogP contribution in [0, 0.1) is 0 Å². The molecule has 0 saturated carbocycles. The average molecular weight is 341 g/mol. The van der Waals surface area contributed by atoms with Gasteiger partial charge in [-0.2, -0.15) is 0 Å². The highest BCUT2D eigenvalue weighted by Crippen LogP contribution is 2.21. The third kappa shape index (κ3) is 5.77. The lowest BCUT2D eigenvalue weighted by Crippen LogP contribution is -2.27. The number of benzene rings is 1. The minimum atomic E-state index is -3.33. The summed E-state index contributed by atoms with van der Waals surface area (Å²) in [7, 11) is -5.12. The molecule has 0 aliphatic carbocycles. The summed E-state index contributed by atoms with van der Waals surface area (Å²) in [5.74, 6) is -0.385. The van der Waals surface area contributed by atoms with Crippen LogP contribution >= 0.6 is 0 Å². The molecule has 0 atom stereocenters. The molecule has 1 rings (SSSR count). The smallest absolute Gasteiger partial charge is 0.330 e. The SMILES string of the molecule is CCOC(=O)/C=C(/CCS(=O)(=O)c1ccccc1)[Si](C)(C)C. The van der Waals surface area contributed by atoms with Gasteiger partial charge in [0.25, 0.3) is 0 Å². The highest BCUT2D eigenvalue weighted by Gasteiger charge is 2.23. The van der Waals surface area contributed by atoms with E-state index >= 15 is 0 Å². The fourth-order valence-corrected chi connectivity index (χ4v) is 4.88. The first-order valence-electron chi connectivity index (χ1n) is 7.32. The fourth-order valence-electron chi connectivity index (χ4n) is 1.98. The average Bonchev–Trinajstić information content (AvgIpc) is 2.43. The Morgan fingerprint density at radius 3 is 2.27 bits per heavy atom. The lowest BCUT2D eigenvalue weighted by Gasteiger charge is -2.21. The van der Waals surface area contributed by atoms with Gasteiger partial charge in [-0.3, -0.25) is 0 Å². The minimum Gasteiger partial charge on any atom is -0.463 e. The van der Waals surface area contributed by atoms with E-state index in [1.807, 2.05) is 0 Å². The molecule has 0 bridgehead atoms. The molecule has 0 aromatic heterocycles. The van der Waals surface area contributed by atoms with E-state index in [2.05, 4.69) is 19.6 Å². The summed E-state index contributed by atoms with van der Waals surface area (Å²) in [4.78, 5) is 12.0. The Hall–Kier alpha value is -1.40. The predicted molar refractivity (Wildman–Crippen MR) is 91.2 cm³/mol. The van der Waals surface area contributed by atoms with Crippen LogP contribution in [0.25, 0.3) is 0 Å². The zero-order chi connectivity index (χ0) is 16.8. The summed E-state index contributed by atoms with van der Waals surface area (Å²) in [5.41, 5.74) is 0. The highest BCUT2D eigenvalue weighted by molar-refractivity contribution is 7.91. The molecule has 0 aliphatic heterocycles. The number of esters is 1. The monoisotopic (exact) mass is 340 g/mol. The van der Waals surface area contributed by atoms with Crippen molar-refractivity contribution in [1.82, 2.24) is 0 Å². The standard InChI is InChI=1S/C16H24O4SSi/c1-5-20-16(17)13-15(22(2,3)4)11-12-21(18,19)14-9-7-6-8-10-14/h6-10,13H,5,11-12H2,1-4H3/b15-13-. The molecule has 0 amide bonds. The van der Waals surface area contributed by atoms with E-state index in [9.17, 15) is 13.2 Å². The van der Waals surface area contributed by atoms with Crippen molar-refractivity contribution in [2.24, 2.45) is 0 Å². The maximum atomic E-state index is 12.3. The normalized spacial score (nSPS) is 13.0. The maximum absolute atomic E-state index is 12.3. The van der Waals surface area contributed by atoms with Crippen molar-refractivity contribution in [2.45, 2.75) is 37.9 Å². The van der Waals surface area contributed by atoms with Gasteiger partial charge in [0.2, 0.25) is 0 Å². The van der Waals surface area contributed by atoms with Gasteiger partial charge in [-0.25, -0.2) is 13.2 Å². The molecule has 0 spiro atoms. The Morgan fingerprint density at radius 2 is 1.77 bits per heavy atom. The van der Waals surface area contributed by atoms with E-state index in [-0.39, 0.29) is 5.75 Å².